The standard InChI is InChI=1S/C7H13N5OS/c1-5-10-11-7(12(5)3-2-8)14-4-6(9)13/h2-4,8H2,1H3,(H2,9,13). The van der Waals surface area contributed by atoms with Gasteiger partial charge < -0.3 is 16.0 Å². The van der Waals surface area contributed by atoms with Gasteiger partial charge in [0.25, 0.3) is 0 Å². The van der Waals surface area contributed by atoms with Crippen LogP contribution in [-0.2, 0) is 11.3 Å². The normalized spacial score (nSPS) is 10.4. The summed E-state index contributed by atoms with van der Waals surface area (Å²) < 4.78 is 1.87. The van der Waals surface area contributed by atoms with Gasteiger partial charge in [-0.25, -0.2) is 0 Å². The Balaban J connectivity index is 2.70. The topological polar surface area (TPSA) is 99.8 Å². The third-order valence-electron chi connectivity index (χ3n) is 1.60. The average molecular weight is 215 g/mol. The van der Waals surface area contributed by atoms with Crippen LogP contribution in [0.15, 0.2) is 5.16 Å². The first-order valence-electron chi connectivity index (χ1n) is 4.16. The first-order valence-corrected chi connectivity index (χ1v) is 5.14. The van der Waals surface area contributed by atoms with Gasteiger partial charge in [0, 0.05) is 13.1 Å². The number of primary amides is 1. The zero-order chi connectivity index (χ0) is 10.6. The van der Waals surface area contributed by atoms with Crippen LogP contribution in [0.5, 0.6) is 0 Å². The number of nitrogens with two attached hydrogens (primary N) is 2. The molecule has 0 radical (unpaired) electrons. The zero-order valence-electron chi connectivity index (χ0n) is 7.93. The monoisotopic (exact) mass is 215 g/mol. The maximum atomic E-state index is 10.6. The van der Waals surface area contributed by atoms with E-state index in [4.69, 9.17) is 11.5 Å². The second-order valence-corrected chi connectivity index (χ2v) is 3.67. The molecule has 1 heterocycles. The van der Waals surface area contributed by atoms with E-state index in [0.717, 1.165) is 5.82 Å². The summed E-state index contributed by atoms with van der Waals surface area (Å²) in [4.78, 5) is 10.6. The minimum absolute atomic E-state index is 0.211. The number of hydrogen-bond donors (Lipinski definition) is 2. The van der Waals surface area contributed by atoms with E-state index in [1.165, 1.54) is 11.8 Å². The second-order valence-electron chi connectivity index (χ2n) is 2.73. The highest BCUT2D eigenvalue weighted by Crippen LogP contribution is 2.15. The molecule has 4 N–H and O–H groups in total. The number of aromatic nitrogens is 3. The molecule has 0 aliphatic carbocycles. The van der Waals surface area contributed by atoms with Crippen molar-refractivity contribution in [3.8, 4) is 0 Å². The van der Waals surface area contributed by atoms with Gasteiger partial charge in [-0.3, -0.25) is 4.79 Å². The molecule has 1 rings (SSSR count). The predicted octanol–water partition coefficient (Wildman–Crippen LogP) is -0.877. The van der Waals surface area contributed by atoms with E-state index >= 15 is 0 Å². The van der Waals surface area contributed by atoms with Crippen molar-refractivity contribution in [2.75, 3.05) is 12.3 Å². The molecular formula is C7H13N5OS. The fourth-order valence-electron chi connectivity index (χ4n) is 0.991. The summed E-state index contributed by atoms with van der Waals surface area (Å²) in [5, 5.41) is 8.50. The first-order chi connectivity index (χ1) is 6.65. The van der Waals surface area contributed by atoms with E-state index in [1.54, 1.807) is 0 Å². The molecule has 0 fully saturated rings. The second kappa shape index (κ2) is 4.97. The molecule has 0 aromatic carbocycles. The Morgan fingerprint density at radius 1 is 1.57 bits per heavy atom. The van der Waals surface area contributed by atoms with Crippen LogP contribution in [-0.4, -0.2) is 33.0 Å². The van der Waals surface area contributed by atoms with Crippen molar-refractivity contribution in [2.24, 2.45) is 11.5 Å². The average Bonchev–Trinajstić information content (AvgIpc) is 2.46. The van der Waals surface area contributed by atoms with Gasteiger partial charge in [-0.05, 0) is 6.92 Å². The highest BCUT2D eigenvalue weighted by Gasteiger charge is 2.09. The van der Waals surface area contributed by atoms with Gasteiger partial charge in [0.05, 0.1) is 5.75 Å². The van der Waals surface area contributed by atoms with E-state index in [-0.39, 0.29) is 11.7 Å². The van der Waals surface area contributed by atoms with Gasteiger partial charge in [0.1, 0.15) is 5.82 Å². The van der Waals surface area contributed by atoms with Crippen molar-refractivity contribution in [3.05, 3.63) is 5.82 Å². The van der Waals surface area contributed by atoms with Crippen LogP contribution < -0.4 is 11.5 Å². The fraction of sp³-hybridized carbons (Fsp3) is 0.571. The molecule has 0 saturated heterocycles. The van der Waals surface area contributed by atoms with Crippen LogP contribution in [0.3, 0.4) is 0 Å². The van der Waals surface area contributed by atoms with Crippen LogP contribution in [0.2, 0.25) is 0 Å². The van der Waals surface area contributed by atoms with Crippen LogP contribution in [0.1, 0.15) is 5.82 Å². The lowest BCUT2D eigenvalue weighted by atomic mass is 10.6. The Kier molecular flexibility index (Phi) is 3.90. The Labute approximate surface area is 86.0 Å². The summed E-state index contributed by atoms with van der Waals surface area (Å²) in [7, 11) is 0. The molecule has 7 heteroatoms. The highest BCUT2D eigenvalue weighted by molar-refractivity contribution is 7.99. The molecule has 6 nitrogen and oxygen atoms in total. The molecule has 0 saturated carbocycles. The first kappa shape index (κ1) is 11.0. The molecule has 14 heavy (non-hydrogen) atoms. The summed E-state index contributed by atoms with van der Waals surface area (Å²) in [5.41, 5.74) is 10.5. The van der Waals surface area contributed by atoms with Crippen LogP contribution >= 0.6 is 11.8 Å². The van der Waals surface area contributed by atoms with Crippen LogP contribution in [0, 0.1) is 6.92 Å². The van der Waals surface area contributed by atoms with Gasteiger partial charge >= 0.3 is 0 Å². The van der Waals surface area contributed by atoms with Crippen molar-refractivity contribution in [1.82, 2.24) is 14.8 Å². The molecule has 1 amide bonds. The molecule has 78 valence electrons. The van der Waals surface area contributed by atoms with Crippen molar-refractivity contribution < 1.29 is 4.79 Å². The molecule has 0 aliphatic rings. The smallest absolute Gasteiger partial charge is 0.227 e. The van der Waals surface area contributed by atoms with E-state index in [0.29, 0.717) is 18.2 Å². The molecule has 0 atom stereocenters. The third-order valence-corrected chi connectivity index (χ3v) is 2.59. The maximum absolute atomic E-state index is 10.6. The van der Waals surface area contributed by atoms with Gasteiger partial charge in [0.15, 0.2) is 5.16 Å². The molecule has 0 spiro atoms. The number of rotatable bonds is 5. The van der Waals surface area contributed by atoms with Gasteiger partial charge in [-0.15, -0.1) is 10.2 Å². The van der Waals surface area contributed by atoms with Crippen molar-refractivity contribution >= 4 is 17.7 Å². The molecule has 0 bridgehead atoms. The summed E-state index contributed by atoms with van der Waals surface area (Å²) in [5.74, 6) is 0.639. The lowest BCUT2D eigenvalue weighted by Crippen LogP contribution is -2.15. The number of hydrogen-bond acceptors (Lipinski definition) is 5. The fourth-order valence-corrected chi connectivity index (χ4v) is 1.74. The van der Waals surface area contributed by atoms with E-state index in [9.17, 15) is 4.79 Å². The minimum Gasteiger partial charge on any atom is -0.369 e. The van der Waals surface area contributed by atoms with Crippen LogP contribution in [0.4, 0.5) is 0 Å². The summed E-state index contributed by atoms with van der Waals surface area (Å²) in [6.07, 6.45) is 0. The maximum Gasteiger partial charge on any atom is 0.227 e. The SMILES string of the molecule is Cc1nnc(SCC(N)=O)n1CCN. The predicted molar refractivity (Wildman–Crippen MR) is 53.7 cm³/mol. The van der Waals surface area contributed by atoms with Crippen LogP contribution in [0.25, 0.3) is 0 Å². The van der Waals surface area contributed by atoms with Crippen molar-refractivity contribution in [1.29, 1.82) is 0 Å². The quantitative estimate of drug-likeness (QED) is 0.621. The molecule has 1 aromatic heterocycles. The summed E-state index contributed by atoms with van der Waals surface area (Å²) >= 11 is 1.28. The van der Waals surface area contributed by atoms with Gasteiger partial charge in [-0.1, -0.05) is 11.8 Å². The summed E-state index contributed by atoms with van der Waals surface area (Å²) in [6.45, 7) is 3.01. The Morgan fingerprint density at radius 2 is 2.29 bits per heavy atom. The van der Waals surface area contributed by atoms with Crippen molar-refractivity contribution in [2.45, 2.75) is 18.6 Å². The number of carbonyl (C=O) groups excluding carboxylic acids is 1. The molecule has 1 aromatic rings. The Bertz CT molecular complexity index is 324. The molecule has 0 unspecified atom stereocenters. The van der Waals surface area contributed by atoms with E-state index in [1.807, 2.05) is 11.5 Å². The van der Waals surface area contributed by atoms with E-state index in [2.05, 4.69) is 10.2 Å². The lowest BCUT2D eigenvalue weighted by molar-refractivity contribution is -0.115. The molecule has 0 aliphatic heterocycles. The lowest BCUT2D eigenvalue weighted by Gasteiger charge is -2.04. The van der Waals surface area contributed by atoms with E-state index < -0.39 is 0 Å². The minimum atomic E-state index is -0.366. The van der Waals surface area contributed by atoms with Gasteiger partial charge in [-0.2, -0.15) is 0 Å². The molecular weight excluding hydrogens is 202 g/mol. The Morgan fingerprint density at radius 3 is 2.86 bits per heavy atom. The number of aryl methyl sites for hydroxylation is 1. The number of thioether (sulfide) groups is 1. The zero-order valence-corrected chi connectivity index (χ0v) is 8.75. The number of amides is 1. The van der Waals surface area contributed by atoms with Crippen molar-refractivity contribution in [3.63, 3.8) is 0 Å². The highest BCUT2D eigenvalue weighted by atomic mass is 32.2. The van der Waals surface area contributed by atoms with Gasteiger partial charge in [0.2, 0.25) is 5.91 Å². The summed E-state index contributed by atoms with van der Waals surface area (Å²) in [6, 6.07) is 0. The largest absolute Gasteiger partial charge is 0.369 e. The number of carbonyl (C=O) groups is 1. The third kappa shape index (κ3) is 2.71. The number of nitrogens with zero attached hydrogens (tertiary/aromatic N) is 3. The Hall–Kier alpha value is -1.08.